The molecule has 0 aromatic rings. The molecule has 0 aromatic carbocycles. The van der Waals surface area contributed by atoms with Gasteiger partial charge in [-0.2, -0.15) is 0 Å². The molecule has 22 amide bonds. The number of aliphatic carboxylic acids is 1. The van der Waals surface area contributed by atoms with Crippen LogP contribution in [0.3, 0.4) is 0 Å². The summed E-state index contributed by atoms with van der Waals surface area (Å²) in [6.07, 6.45) is -5.26. The molecule has 1 aliphatic rings. The average Bonchev–Trinajstić information content (AvgIpc) is 1.68. The number of hydrogen-bond donors (Lipinski definition) is 31. The number of primary amides is 3. The van der Waals surface area contributed by atoms with Crippen molar-refractivity contribution in [2.75, 3.05) is 46.2 Å². The van der Waals surface area contributed by atoms with Crippen LogP contribution in [0.25, 0.3) is 0 Å². The maximum Gasteiger partial charge on any atom is 0.326 e. The summed E-state index contributed by atoms with van der Waals surface area (Å²) in [6, 6.07) is -33.9. The van der Waals surface area contributed by atoms with Gasteiger partial charge < -0.3 is 169 Å². The Labute approximate surface area is 713 Å². The third kappa shape index (κ3) is 36.8. The van der Waals surface area contributed by atoms with E-state index in [1.807, 2.05) is 26.6 Å². The zero-order chi connectivity index (χ0) is 96.1. The molecule has 22 atom stereocenters. The van der Waals surface area contributed by atoms with Gasteiger partial charge in [0.25, 0.3) is 0 Å². The number of carbonyl (C=O) groups is 23. The lowest BCUT2D eigenvalue weighted by Gasteiger charge is -2.28. The molecule has 55 nitrogen and oxygen atoms in total. The van der Waals surface area contributed by atoms with Gasteiger partial charge in [0.2, 0.25) is 130 Å². The fourth-order valence-electron chi connectivity index (χ4n) is 11.0. The second kappa shape index (κ2) is 53.5. The standard InChI is InChI=1S/C70H117N23O32/c1-25(2)48(66(120)80-26(3)51(105)75-28(5)53(107)82-36(17-46(73)103)58(112)91-50(34(11)101)68(122)89-42(23-98)63(117)87-39(20-95)59(113)77-29(6)54(108)83-37(70(124)125)18-47(74)104)90-57(111)32(9)76-52(106)27(4)81-67(121)49(33(10)100)92-64(118)43(24-99)85-56(110)31(8)78-60(114)38(19-94)86-62(116)41(22-97)84-55(109)30(7)79-61(115)40(21-96)88-65(119)44-13-12-16-93(44)69(123)35(71)14-15-45(72)102/h25-44,48-50,94-101H,12-24,71H2,1-11H3,(H2,72,102)(H2,73,103)(H2,74,104)(H,75,105)(H,76,106)(H,77,113)(H,78,114)(H,79,115)(H,80,120)(H,81,121)(H,82,107)(H,83,108)(H,84,109)(H,85,110)(H,86,116)(H,87,117)(H,88,119)(H,89,122)(H,90,111)(H,91,112)(H,92,118)(H,124,125)/t26-,27-,28-,29-,30-,31-,32-,33+,34+,35-,36-,37-,38-,39-,40-,41-,42-,43-,44-,48-,49-,50-/m0/s1. The van der Waals surface area contributed by atoms with Crippen LogP contribution in [0.2, 0.25) is 0 Å². The van der Waals surface area contributed by atoms with Gasteiger partial charge in [-0.05, 0) is 87.5 Å². The van der Waals surface area contributed by atoms with Gasteiger partial charge in [-0.15, -0.1) is 0 Å². The Kier molecular flexibility index (Phi) is 47.3. The van der Waals surface area contributed by atoms with E-state index in [1.54, 1.807) is 0 Å². The van der Waals surface area contributed by atoms with Gasteiger partial charge in [-0.3, -0.25) is 105 Å². The first-order valence-electron chi connectivity index (χ1n) is 38.8. The highest BCUT2D eigenvalue weighted by atomic mass is 16.4. The van der Waals surface area contributed by atoms with E-state index in [4.69, 9.17) is 22.9 Å². The first-order valence-corrected chi connectivity index (χ1v) is 38.8. The summed E-state index contributed by atoms with van der Waals surface area (Å²) in [5.74, 6) is -27.5. The molecule has 1 rings (SSSR count). The summed E-state index contributed by atoms with van der Waals surface area (Å²) in [6.45, 7) is 5.76. The summed E-state index contributed by atoms with van der Waals surface area (Å²) >= 11 is 0. The molecule has 0 aromatic heterocycles. The molecule has 35 N–H and O–H groups in total. The maximum absolute atomic E-state index is 13.6. The quantitative estimate of drug-likeness (QED) is 0.0269. The topological polar surface area (TPSA) is 899 Å². The average molecular weight is 1790 g/mol. The van der Waals surface area contributed by atoms with E-state index in [0.29, 0.717) is 6.42 Å². The van der Waals surface area contributed by atoms with Crippen LogP contribution in [0.5, 0.6) is 0 Å². The Morgan fingerprint density at radius 3 is 0.872 bits per heavy atom. The van der Waals surface area contributed by atoms with E-state index in [1.165, 1.54) is 13.8 Å². The number of nitrogens with one attached hydrogen (secondary N) is 18. The fraction of sp³-hybridized carbons (Fsp3) is 0.671. The summed E-state index contributed by atoms with van der Waals surface area (Å²) < 4.78 is 0. The van der Waals surface area contributed by atoms with Crippen LogP contribution < -0.4 is 119 Å². The second-order valence-electron chi connectivity index (χ2n) is 29.4. The summed E-state index contributed by atoms with van der Waals surface area (Å²) in [5.41, 5.74) is 21.4. The molecule has 704 valence electrons. The normalized spacial score (nSPS) is 17.4. The Bertz CT molecular complexity index is 3890. The third-order valence-electron chi connectivity index (χ3n) is 18.4. The number of rotatable bonds is 54. The van der Waals surface area contributed by atoms with Gasteiger partial charge in [-0.25, -0.2) is 4.79 Å². The van der Waals surface area contributed by atoms with E-state index in [0.717, 1.165) is 67.2 Å². The smallest absolute Gasteiger partial charge is 0.326 e. The van der Waals surface area contributed by atoms with Gasteiger partial charge in [0.1, 0.15) is 115 Å². The minimum atomic E-state index is -2.07. The number of hydrogen-bond acceptors (Lipinski definition) is 32. The molecule has 55 heteroatoms. The molecule has 125 heavy (non-hydrogen) atoms. The number of nitrogens with zero attached hydrogens (tertiary/aromatic N) is 1. The number of aliphatic hydroxyl groups excluding tert-OH is 8. The molecule has 1 aliphatic heterocycles. The molecule has 0 bridgehead atoms. The summed E-state index contributed by atoms with van der Waals surface area (Å²) in [4.78, 5) is 299. The van der Waals surface area contributed by atoms with Gasteiger partial charge in [0.05, 0.1) is 70.7 Å². The highest BCUT2D eigenvalue weighted by Crippen LogP contribution is 2.20. The number of nitrogens with two attached hydrogens (primary N) is 4. The minimum Gasteiger partial charge on any atom is -0.480 e. The number of likely N-dealkylation sites (tertiary alicyclic amines) is 1. The first kappa shape index (κ1) is 110. The predicted molar refractivity (Wildman–Crippen MR) is 422 cm³/mol. The number of aliphatic hydroxyl groups is 8. The van der Waals surface area contributed by atoms with Crippen LogP contribution in [0.1, 0.15) is 115 Å². The maximum atomic E-state index is 13.6. The Morgan fingerprint density at radius 1 is 0.312 bits per heavy atom. The number of carboxylic acids is 1. The molecule has 0 unspecified atom stereocenters. The molecular weight excluding hydrogens is 1670 g/mol. The number of carbonyl (C=O) groups excluding carboxylic acids is 22. The number of carboxylic acid groups (broad SMARTS) is 1. The van der Waals surface area contributed by atoms with Crippen molar-refractivity contribution in [3.8, 4) is 0 Å². The fourth-order valence-corrected chi connectivity index (χ4v) is 11.0. The van der Waals surface area contributed by atoms with Crippen LogP contribution in [0.4, 0.5) is 0 Å². The zero-order valence-electron chi connectivity index (χ0n) is 70.1. The molecule has 1 fully saturated rings. The minimum absolute atomic E-state index is 0.103. The summed E-state index contributed by atoms with van der Waals surface area (Å²) in [7, 11) is 0. The van der Waals surface area contributed by atoms with Crippen molar-refractivity contribution in [2.45, 2.75) is 248 Å². The van der Waals surface area contributed by atoms with E-state index in [2.05, 4.69) is 69.1 Å². The molecule has 1 heterocycles. The van der Waals surface area contributed by atoms with E-state index < -0.39 is 327 Å². The Balaban J connectivity index is 2.96. The van der Waals surface area contributed by atoms with Crippen molar-refractivity contribution in [1.82, 2.24) is 101 Å². The largest absolute Gasteiger partial charge is 0.480 e. The zero-order valence-corrected chi connectivity index (χ0v) is 70.1. The van der Waals surface area contributed by atoms with Crippen molar-refractivity contribution in [2.24, 2.45) is 28.9 Å². The lowest BCUT2D eigenvalue weighted by Crippen LogP contribution is -2.62. The SMILES string of the molecule is CC(C)[C@H](NC(=O)[C@H](C)NC(=O)[C@H](C)NC(=O)[C@@H](NC(=O)[C@H](CO)NC(=O)[C@H](C)NC(=O)[C@H](CO)NC(=O)[C@H](CO)NC(=O)[C@H](C)NC(=O)[C@H](CO)NC(=O)[C@@H]1CCCN1C(=O)[C@@H](N)CCC(N)=O)[C@@H](C)O)C(=O)N[C@@H](C)C(=O)N[C@@H](C)C(=O)N[C@@H](CC(N)=O)C(=O)N[C@H](C(=O)N[C@@H](CO)C(=O)N[C@@H](CO)C(=O)N[C@@H](C)C(=O)N[C@@H](CC(N)=O)C(=O)O)[C@@H](C)O. The van der Waals surface area contributed by atoms with Gasteiger partial charge >= 0.3 is 5.97 Å². The van der Waals surface area contributed by atoms with Crippen molar-refractivity contribution in [3.63, 3.8) is 0 Å². The van der Waals surface area contributed by atoms with E-state index in [9.17, 15) is 156 Å². The highest BCUT2D eigenvalue weighted by molar-refractivity contribution is 6.03. The van der Waals surface area contributed by atoms with Crippen LogP contribution in [0, 0.1) is 5.92 Å². The van der Waals surface area contributed by atoms with Crippen molar-refractivity contribution in [1.29, 1.82) is 0 Å². The predicted octanol–water partition coefficient (Wildman–Crippen LogP) is -19.4. The van der Waals surface area contributed by atoms with Crippen LogP contribution in [-0.2, 0) is 110 Å². The molecule has 0 saturated carbocycles. The van der Waals surface area contributed by atoms with Gasteiger partial charge in [-0.1, -0.05) is 13.8 Å². The van der Waals surface area contributed by atoms with Crippen LogP contribution in [-0.4, -0.2) is 366 Å². The molecule has 0 radical (unpaired) electrons. The Morgan fingerprint density at radius 2 is 0.552 bits per heavy atom. The van der Waals surface area contributed by atoms with Gasteiger partial charge in [0.15, 0.2) is 0 Å². The lowest BCUT2D eigenvalue weighted by molar-refractivity contribution is -0.143. The van der Waals surface area contributed by atoms with E-state index >= 15 is 0 Å². The second-order valence-corrected chi connectivity index (χ2v) is 29.4. The molecule has 0 aliphatic carbocycles. The van der Waals surface area contributed by atoms with Crippen molar-refractivity contribution < 1.29 is 156 Å². The first-order chi connectivity index (χ1) is 58.2. The van der Waals surface area contributed by atoms with Crippen LogP contribution >= 0.6 is 0 Å². The third-order valence-corrected chi connectivity index (χ3v) is 18.4. The van der Waals surface area contributed by atoms with Gasteiger partial charge in [0, 0.05) is 13.0 Å². The van der Waals surface area contributed by atoms with Crippen LogP contribution in [0.15, 0.2) is 0 Å². The number of amides is 22. The molecular formula is C70H117N23O32. The Hall–Kier alpha value is -12.5. The molecule has 1 saturated heterocycles. The highest BCUT2D eigenvalue weighted by Gasteiger charge is 2.42. The van der Waals surface area contributed by atoms with Crippen molar-refractivity contribution in [3.05, 3.63) is 0 Å². The molecule has 0 spiro atoms. The summed E-state index contributed by atoms with van der Waals surface area (Å²) in [5, 5.41) is 129. The van der Waals surface area contributed by atoms with Crippen molar-refractivity contribution >= 4 is 136 Å². The lowest BCUT2D eigenvalue weighted by atomic mass is 10.0. The monoisotopic (exact) mass is 1790 g/mol. The van der Waals surface area contributed by atoms with E-state index in [-0.39, 0.29) is 25.8 Å².